The summed E-state index contributed by atoms with van der Waals surface area (Å²) in [6.45, 7) is 2.78. The molecule has 0 bridgehead atoms. The van der Waals surface area contributed by atoms with Crippen molar-refractivity contribution in [3.8, 4) is 0 Å². The van der Waals surface area contributed by atoms with E-state index >= 15 is 0 Å². The van der Waals surface area contributed by atoms with Gasteiger partial charge in [0.25, 0.3) is 5.91 Å². The number of carbonyl (C=O) groups excluding carboxylic acids is 2. The summed E-state index contributed by atoms with van der Waals surface area (Å²) in [5.41, 5.74) is 14.2. The van der Waals surface area contributed by atoms with Gasteiger partial charge in [-0.25, -0.2) is 0 Å². The maximum atomic E-state index is 12.7. The molecule has 2 aromatic carbocycles. The van der Waals surface area contributed by atoms with Crippen molar-refractivity contribution in [2.75, 3.05) is 23.4 Å². The minimum Gasteiger partial charge on any atom is -0.399 e. The third-order valence-corrected chi connectivity index (χ3v) is 3.81. The van der Waals surface area contributed by atoms with Crippen molar-refractivity contribution in [1.29, 1.82) is 0 Å². The van der Waals surface area contributed by atoms with Gasteiger partial charge in [-0.1, -0.05) is 0 Å². The lowest BCUT2D eigenvalue weighted by Gasteiger charge is -2.15. The van der Waals surface area contributed by atoms with Gasteiger partial charge in [-0.2, -0.15) is 0 Å². The highest BCUT2D eigenvalue weighted by molar-refractivity contribution is 6.16. The zero-order valence-electron chi connectivity index (χ0n) is 14.0. The first kappa shape index (κ1) is 18.4. The van der Waals surface area contributed by atoms with E-state index in [4.69, 9.17) is 16.6 Å². The Kier molecular flexibility index (Phi) is 5.41. The van der Waals surface area contributed by atoms with Crippen LogP contribution in [0.15, 0.2) is 30.3 Å². The Balaban J connectivity index is 2.44. The lowest BCUT2D eigenvalue weighted by molar-refractivity contribution is 0.0586. The van der Waals surface area contributed by atoms with Gasteiger partial charge in [-0.15, -0.1) is 0 Å². The first-order chi connectivity index (χ1) is 11.7. The summed E-state index contributed by atoms with van der Waals surface area (Å²) in [7, 11) is 0. The fourth-order valence-electron chi connectivity index (χ4n) is 2.47. The van der Waals surface area contributed by atoms with Gasteiger partial charge in [0.2, 0.25) is 0 Å². The monoisotopic (exact) mass is 343 g/mol. The molecular formula is C18H21N3O4. The first-order valence-corrected chi connectivity index (χ1v) is 7.65. The number of ketones is 1. The minimum atomic E-state index is -1.64. The van der Waals surface area contributed by atoms with Gasteiger partial charge in [-0.05, 0) is 55.3 Å². The molecule has 0 heterocycles. The van der Waals surface area contributed by atoms with Crippen LogP contribution in [0, 0.1) is 13.8 Å². The molecule has 7 heteroatoms. The molecule has 2 aromatic rings. The van der Waals surface area contributed by atoms with Gasteiger partial charge in [0.1, 0.15) is 6.10 Å². The van der Waals surface area contributed by atoms with Crippen LogP contribution in [0.4, 0.5) is 17.1 Å². The van der Waals surface area contributed by atoms with Crippen LogP contribution in [0.3, 0.4) is 0 Å². The molecule has 0 aliphatic heterocycles. The number of benzene rings is 2. The number of amides is 1. The maximum absolute atomic E-state index is 12.7. The number of aliphatic hydroxyl groups excluding tert-OH is 2. The second kappa shape index (κ2) is 7.33. The van der Waals surface area contributed by atoms with Crippen LogP contribution in [0.25, 0.3) is 0 Å². The van der Waals surface area contributed by atoms with E-state index in [0.29, 0.717) is 16.9 Å². The predicted molar refractivity (Wildman–Crippen MR) is 96.6 cm³/mol. The van der Waals surface area contributed by atoms with Gasteiger partial charge >= 0.3 is 0 Å². The third-order valence-electron chi connectivity index (χ3n) is 3.81. The summed E-state index contributed by atoms with van der Waals surface area (Å²) >= 11 is 0. The third kappa shape index (κ3) is 3.96. The number of hydrogen-bond acceptors (Lipinski definition) is 6. The van der Waals surface area contributed by atoms with Crippen molar-refractivity contribution in [2.24, 2.45) is 0 Å². The zero-order chi connectivity index (χ0) is 18.7. The van der Waals surface area contributed by atoms with Crippen molar-refractivity contribution in [3.63, 3.8) is 0 Å². The van der Waals surface area contributed by atoms with Crippen LogP contribution in [0.5, 0.6) is 0 Å². The number of nitrogens with two attached hydrogens (primary N) is 2. The van der Waals surface area contributed by atoms with E-state index in [1.165, 1.54) is 12.1 Å². The molecule has 7 N–H and O–H groups in total. The fraction of sp³-hybridized carbons (Fsp3) is 0.222. The van der Waals surface area contributed by atoms with E-state index in [0.717, 1.165) is 5.56 Å². The van der Waals surface area contributed by atoms with Gasteiger partial charge in [0, 0.05) is 17.1 Å². The molecule has 0 fully saturated rings. The quantitative estimate of drug-likeness (QED) is 0.409. The van der Waals surface area contributed by atoms with Crippen molar-refractivity contribution in [2.45, 2.75) is 20.0 Å². The Bertz CT molecular complexity index is 833. The van der Waals surface area contributed by atoms with Crippen LogP contribution in [-0.4, -0.2) is 34.6 Å². The standard InChI is InChI=1S/C18H21N3O4/c1-9-5-12(16(14(20)6-9)17(24)15(23)8-22)18(25)21-11-3-4-13(19)10(2)7-11/h3-7,15,22-23H,8,19-20H2,1-2H3,(H,21,25). The molecular weight excluding hydrogens is 322 g/mol. The molecule has 0 radical (unpaired) electrons. The number of nitrogens with one attached hydrogen (secondary N) is 1. The van der Waals surface area contributed by atoms with Gasteiger partial charge in [-0.3, -0.25) is 9.59 Å². The lowest BCUT2D eigenvalue weighted by Crippen LogP contribution is -2.28. The number of carbonyl (C=O) groups is 2. The molecule has 1 amide bonds. The number of aliphatic hydroxyl groups is 2. The van der Waals surface area contributed by atoms with E-state index in [2.05, 4.69) is 5.32 Å². The smallest absolute Gasteiger partial charge is 0.256 e. The SMILES string of the molecule is Cc1cc(N)c(C(=O)C(O)CO)c(C(=O)Nc2ccc(N)c(C)c2)c1. The van der Waals surface area contributed by atoms with Gasteiger partial charge in [0.15, 0.2) is 5.78 Å². The summed E-state index contributed by atoms with van der Waals surface area (Å²) in [5, 5.41) is 21.3. The summed E-state index contributed by atoms with van der Waals surface area (Å²) in [5.74, 6) is -1.35. The molecule has 0 aliphatic rings. The van der Waals surface area contributed by atoms with Crippen molar-refractivity contribution in [3.05, 3.63) is 52.6 Å². The van der Waals surface area contributed by atoms with Crippen molar-refractivity contribution < 1.29 is 19.8 Å². The van der Waals surface area contributed by atoms with E-state index in [1.807, 2.05) is 6.92 Å². The van der Waals surface area contributed by atoms with Crippen molar-refractivity contribution >= 4 is 28.8 Å². The number of nitrogen functional groups attached to an aromatic ring is 2. The van der Waals surface area contributed by atoms with Crippen LogP contribution in [-0.2, 0) is 0 Å². The predicted octanol–water partition coefficient (Wildman–Crippen LogP) is 1.26. The highest BCUT2D eigenvalue weighted by Crippen LogP contribution is 2.24. The molecule has 0 aromatic heterocycles. The largest absolute Gasteiger partial charge is 0.399 e. The van der Waals surface area contributed by atoms with E-state index in [-0.39, 0.29) is 16.8 Å². The molecule has 0 saturated heterocycles. The fourth-order valence-corrected chi connectivity index (χ4v) is 2.47. The van der Waals surface area contributed by atoms with E-state index < -0.39 is 24.4 Å². The van der Waals surface area contributed by atoms with Crippen LogP contribution >= 0.6 is 0 Å². The maximum Gasteiger partial charge on any atom is 0.256 e. The average molecular weight is 343 g/mol. The highest BCUT2D eigenvalue weighted by atomic mass is 16.3. The summed E-state index contributed by atoms with van der Waals surface area (Å²) in [6.07, 6.45) is -1.64. The Morgan fingerprint density at radius 1 is 1.12 bits per heavy atom. The van der Waals surface area contributed by atoms with E-state index in [9.17, 15) is 14.7 Å². The lowest BCUT2D eigenvalue weighted by atomic mass is 9.95. The number of aryl methyl sites for hydroxylation is 2. The second-order valence-corrected chi connectivity index (χ2v) is 5.86. The average Bonchev–Trinajstić information content (AvgIpc) is 2.56. The topological polar surface area (TPSA) is 139 Å². The second-order valence-electron chi connectivity index (χ2n) is 5.86. The Labute approximate surface area is 145 Å². The molecule has 7 nitrogen and oxygen atoms in total. The summed E-state index contributed by atoms with van der Waals surface area (Å²) < 4.78 is 0. The van der Waals surface area contributed by atoms with Crippen LogP contribution < -0.4 is 16.8 Å². The summed E-state index contributed by atoms with van der Waals surface area (Å²) in [4.78, 5) is 25.0. The molecule has 0 spiro atoms. The Morgan fingerprint density at radius 3 is 2.40 bits per heavy atom. The molecule has 0 saturated carbocycles. The molecule has 1 unspecified atom stereocenters. The zero-order valence-corrected chi connectivity index (χ0v) is 14.0. The van der Waals surface area contributed by atoms with Gasteiger partial charge < -0.3 is 27.0 Å². The number of hydrogen-bond donors (Lipinski definition) is 5. The molecule has 2 rings (SSSR count). The molecule has 1 atom stereocenters. The first-order valence-electron chi connectivity index (χ1n) is 7.65. The minimum absolute atomic E-state index is 0.0319. The van der Waals surface area contributed by atoms with E-state index in [1.54, 1.807) is 25.1 Å². The van der Waals surface area contributed by atoms with Crippen LogP contribution in [0.2, 0.25) is 0 Å². The number of rotatable bonds is 5. The number of Topliss-reactive ketones (excluding diaryl/α,β-unsaturated/α-hetero) is 1. The highest BCUT2D eigenvalue weighted by Gasteiger charge is 2.25. The number of anilines is 3. The molecule has 0 aliphatic carbocycles. The Hall–Kier alpha value is -2.90. The van der Waals surface area contributed by atoms with Crippen LogP contribution in [0.1, 0.15) is 31.8 Å². The molecule has 25 heavy (non-hydrogen) atoms. The Morgan fingerprint density at radius 2 is 1.80 bits per heavy atom. The summed E-state index contributed by atoms with van der Waals surface area (Å²) in [6, 6.07) is 8.05. The molecule has 132 valence electrons. The normalized spacial score (nSPS) is 11.8. The van der Waals surface area contributed by atoms with Crippen molar-refractivity contribution in [1.82, 2.24) is 0 Å². The van der Waals surface area contributed by atoms with Gasteiger partial charge in [0.05, 0.1) is 17.7 Å².